The van der Waals surface area contributed by atoms with E-state index in [-0.39, 0.29) is 11.3 Å². The van der Waals surface area contributed by atoms with Crippen molar-refractivity contribution in [3.63, 3.8) is 0 Å². The van der Waals surface area contributed by atoms with Crippen LogP contribution in [-0.2, 0) is 5.75 Å². The van der Waals surface area contributed by atoms with Crippen LogP contribution in [0.25, 0.3) is 0 Å². The lowest BCUT2D eigenvalue weighted by Gasteiger charge is -2.19. The fourth-order valence-electron chi connectivity index (χ4n) is 2.68. The Bertz CT molecular complexity index is 494. The SMILES string of the molecule is Cc1cc(CSC(=O)N2CCCCCC2)ccc1OC(C)C. The molecular weight excluding hydrogens is 294 g/mol. The molecule has 0 bridgehead atoms. The zero-order valence-electron chi connectivity index (χ0n) is 13.9. The number of nitrogens with zero attached hydrogens (tertiary/aromatic N) is 1. The van der Waals surface area contributed by atoms with E-state index in [0.717, 1.165) is 43.0 Å². The summed E-state index contributed by atoms with van der Waals surface area (Å²) in [6.07, 6.45) is 4.98. The van der Waals surface area contributed by atoms with Crippen molar-refractivity contribution in [1.29, 1.82) is 0 Å². The first kappa shape index (κ1) is 17.2. The van der Waals surface area contributed by atoms with E-state index < -0.39 is 0 Å². The van der Waals surface area contributed by atoms with Crippen LogP contribution in [0.5, 0.6) is 5.75 Å². The predicted molar refractivity (Wildman–Crippen MR) is 93.7 cm³/mol. The van der Waals surface area contributed by atoms with Crippen molar-refractivity contribution in [3.8, 4) is 5.75 Å². The average molecular weight is 321 g/mol. The molecule has 0 radical (unpaired) electrons. The van der Waals surface area contributed by atoms with Crippen LogP contribution >= 0.6 is 11.8 Å². The van der Waals surface area contributed by atoms with Crippen molar-refractivity contribution in [2.24, 2.45) is 0 Å². The minimum Gasteiger partial charge on any atom is -0.491 e. The van der Waals surface area contributed by atoms with Crippen molar-refractivity contribution in [1.82, 2.24) is 4.90 Å². The molecule has 0 aromatic heterocycles. The summed E-state index contributed by atoms with van der Waals surface area (Å²) in [5.41, 5.74) is 2.32. The largest absolute Gasteiger partial charge is 0.491 e. The first-order valence-corrected chi connectivity index (χ1v) is 9.22. The van der Waals surface area contributed by atoms with Crippen LogP contribution in [0, 0.1) is 6.92 Å². The Kier molecular flexibility index (Phi) is 6.62. The van der Waals surface area contributed by atoms with E-state index in [1.165, 1.54) is 30.2 Å². The summed E-state index contributed by atoms with van der Waals surface area (Å²) in [5, 5.41) is 0.224. The van der Waals surface area contributed by atoms with Gasteiger partial charge in [-0.1, -0.05) is 36.7 Å². The van der Waals surface area contributed by atoms with E-state index >= 15 is 0 Å². The van der Waals surface area contributed by atoms with Crippen molar-refractivity contribution >= 4 is 17.0 Å². The van der Waals surface area contributed by atoms with Gasteiger partial charge in [-0.2, -0.15) is 0 Å². The molecule has 1 amide bonds. The van der Waals surface area contributed by atoms with Crippen LogP contribution in [-0.4, -0.2) is 29.3 Å². The van der Waals surface area contributed by atoms with Crippen LogP contribution < -0.4 is 4.74 Å². The molecule has 1 aliphatic rings. The molecule has 1 aromatic rings. The lowest BCUT2D eigenvalue weighted by molar-refractivity contribution is 0.225. The number of ether oxygens (including phenoxy) is 1. The number of aryl methyl sites for hydroxylation is 1. The van der Waals surface area contributed by atoms with Gasteiger partial charge in [-0.05, 0) is 50.8 Å². The van der Waals surface area contributed by atoms with Gasteiger partial charge in [-0.15, -0.1) is 0 Å². The Morgan fingerprint density at radius 1 is 1.23 bits per heavy atom. The fraction of sp³-hybridized carbons (Fsp3) is 0.611. The Labute approximate surface area is 138 Å². The maximum absolute atomic E-state index is 12.3. The number of amides is 1. The number of carbonyl (C=O) groups excluding carboxylic acids is 1. The topological polar surface area (TPSA) is 29.5 Å². The maximum atomic E-state index is 12.3. The first-order valence-electron chi connectivity index (χ1n) is 8.24. The van der Waals surface area contributed by atoms with Gasteiger partial charge in [0.25, 0.3) is 5.24 Å². The lowest BCUT2D eigenvalue weighted by atomic mass is 10.1. The van der Waals surface area contributed by atoms with Crippen LogP contribution in [0.4, 0.5) is 4.79 Å². The smallest absolute Gasteiger partial charge is 0.281 e. The molecular formula is C18H27NO2S. The highest BCUT2D eigenvalue weighted by Gasteiger charge is 2.16. The summed E-state index contributed by atoms with van der Waals surface area (Å²) >= 11 is 1.42. The zero-order valence-corrected chi connectivity index (χ0v) is 14.7. The highest BCUT2D eigenvalue weighted by Crippen LogP contribution is 2.24. The number of carbonyl (C=O) groups is 1. The van der Waals surface area contributed by atoms with Crippen molar-refractivity contribution in [2.45, 2.75) is 58.3 Å². The summed E-state index contributed by atoms with van der Waals surface area (Å²) in [4.78, 5) is 14.3. The second-order valence-electron chi connectivity index (χ2n) is 6.22. The number of hydrogen-bond acceptors (Lipinski definition) is 3. The van der Waals surface area contributed by atoms with Gasteiger partial charge in [0, 0.05) is 18.8 Å². The molecule has 0 saturated carbocycles. The molecule has 1 saturated heterocycles. The van der Waals surface area contributed by atoms with Crippen LogP contribution in [0.1, 0.15) is 50.7 Å². The van der Waals surface area contributed by atoms with E-state index in [1.807, 2.05) is 24.8 Å². The zero-order chi connectivity index (χ0) is 15.9. The minimum absolute atomic E-state index is 0.184. The average Bonchev–Trinajstić information content (AvgIpc) is 2.76. The summed E-state index contributed by atoms with van der Waals surface area (Å²) < 4.78 is 5.75. The highest BCUT2D eigenvalue weighted by molar-refractivity contribution is 8.12. The van der Waals surface area contributed by atoms with Gasteiger partial charge < -0.3 is 9.64 Å². The minimum atomic E-state index is 0.184. The molecule has 0 N–H and O–H groups in total. The highest BCUT2D eigenvalue weighted by atomic mass is 32.2. The Morgan fingerprint density at radius 2 is 1.91 bits per heavy atom. The molecule has 0 unspecified atom stereocenters. The summed E-state index contributed by atoms with van der Waals surface area (Å²) in [5.74, 6) is 1.67. The Morgan fingerprint density at radius 3 is 2.50 bits per heavy atom. The maximum Gasteiger partial charge on any atom is 0.281 e. The van der Waals surface area contributed by atoms with Crippen molar-refractivity contribution in [3.05, 3.63) is 29.3 Å². The third kappa shape index (κ3) is 5.24. The molecule has 3 nitrogen and oxygen atoms in total. The first-order chi connectivity index (χ1) is 10.6. The van der Waals surface area contributed by atoms with E-state index in [9.17, 15) is 4.79 Å². The predicted octanol–water partition coefficient (Wildman–Crippen LogP) is 5.01. The number of benzene rings is 1. The number of rotatable bonds is 4. The summed E-state index contributed by atoms with van der Waals surface area (Å²) in [7, 11) is 0. The second-order valence-corrected chi connectivity index (χ2v) is 7.15. The van der Waals surface area contributed by atoms with E-state index in [2.05, 4.69) is 19.1 Å². The molecule has 1 heterocycles. The fourth-order valence-corrected chi connectivity index (χ4v) is 3.51. The quantitative estimate of drug-likeness (QED) is 0.780. The molecule has 122 valence electrons. The molecule has 0 spiro atoms. The van der Waals surface area contributed by atoms with Gasteiger partial charge in [-0.3, -0.25) is 4.79 Å². The van der Waals surface area contributed by atoms with E-state index in [1.54, 1.807) is 0 Å². The van der Waals surface area contributed by atoms with Gasteiger partial charge in [-0.25, -0.2) is 0 Å². The standard InChI is InChI=1S/C18H27NO2S/c1-14(2)21-17-9-8-16(12-15(17)3)13-22-18(20)19-10-6-4-5-7-11-19/h8-9,12,14H,4-7,10-11,13H2,1-3H3. The summed E-state index contributed by atoms with van der Waals surface area (Å²) in [6.45, 7) is 7.96. The second kappa shape index (κ2) is 8.47. The van der Waals surface area contributed by atoms with Gasteiger partial charge in [0.15, 0.2) is 0 Å². The van der Waals surface area contributed by atoms with Gasteiger partial charge in [0.1, 0.15) is 5.75 Å². The van der Waals surface area contributed by atoms with E-state index in [4.69, 9.17) is 4.74 Å². The van der Waals surface area contributed by atoms with Crippen LogP contribution in [0.2, 0.25) is 0 Å². The Balaban J connectivity index is 1.88. The third-order valence-corrected chi connectivity index (χ3v) is 4.81. The monoisotopic (exact) mass is 321 g/mol. The van der Waals surface area contributed by atoms with Gasteiger partial charge >= 0.3 is 0 Å². The molecule has 0 aliphatic carbocycles. The number of thioether (sulfide) groups is 1. The van der Waals surface area contributed by atoms with Crippen LogP contribution in [0.3, 0.4) is 0 Å². The van der Waals surface area contributed by atoms with Gasteiger partial charge in [0.05, 0.1) is 6.10 Å². The molecule has 4 heteroatoms. The molecule has 22 heavy (non-hydrogen) atoms. The van der Waals surface area contributed by atoms with Crippen LogP contribution in [0.15, 0.2) is 18.2 Å². The molecule has 0 atom stereocenters. The summed E-state index contributed by atoms with van der Waals surface area (Å²) in [6, 6.07) is 6.20. The molecule has 2 rings (SSSR count). The van der Waals surface area contributed by atoms with Crippen molar-refractivity contribution in [2.75, 3.05) is 13.1 Å². The third-order valence-electron chi connectivity index (χ3n) is 3.83. The molecule has 1 aromatic carbocycles. The van der Waals surface area contributed by atoms with Gasteiger partial charge in [0.2, 0.25) is 0 Å². The lowest BCUT2D eigenvalue weighted by Crippen LogP contribution is -2.28. The number of hydrogen-bond donors (Lipinski definition) is 0. The molecule has 1 fully saturated rings. The Hall–Kier alpha value is -1.16. The number of likely N-dealkylation sites (tertiary alicyclic amines) is 1. The molecule has 1 aliphatic heterocycles. The normalized spacial score (nSPS) is 15.7. The van der Waals surface area contributed by atoms with Crippen molar-refractivity contribution < 1.29 is 9.53 Å². The van der Waals surface area contributed by atoms with E-state index in [0.29, 0.717) is 0 Å².